The van der Waals surface area contributed by atoms with Gasteiger partial charge in [-0.05, 0) is 37.0 Å². The number of carbonyl (C=O) groups excluding carboxylic acids is 2. The van der Waals surface area contributed by atoms with Gasteiger partial charge in [-0.2, -0.15) is 11.8 Å². The molecule has 0 spiro atoms. The van der Waals surface area contributed by atoms with Gasteiger partial charge in [0.05, 0.1) is 38.2 Å². The van der Waals surface area contributed by atoms with Gasteiger partial charge in [-0.25, -0.2) is 4.79 Å². The molecule has 0 aliphatic carbocycles. The van der Waals surface area contributed by atoms with E-state index in [1.54, 1.807) is 19.1 Å². The van der Waals surface area contributed by atoms with Crippen molar-refractivity contribution in [3.8, 4) is 11.5 Å². The minimum absolute atomic E-state index is 0.152. The number of hydrogen-bond acceptors (Lipinski definition) is 8. The van der Waals surface area contributed by atoms with Gasteiger partial charge in [-0.15, -0.1) is 0 Å². The smallest absolute Gasteiger partial charge is 0.340 e. The number of carboxylic acids is 1. The van der Waals surface area contributed by atoms with Crippen molar-refractivity contribution in [2.24, 2.45) is 0 Å². The van der Waals surface area contributed by atoms with Gasteiger partial charge in [0, 0.05) is 11.5 Å². The van der Waals surface area contributed by atoms with Gasteiger partial charge in [-0.3, -0.25) is 4.79 Å². The van der Waals surface area contributed by atoms with Crippen LogP contribution in [0.3, 0.4) is 0 Å². The number of aryl methyl sites for hydroxylation is 1. The maximum atomic E-state index is 12.4. The summed E-state index contributed by atoms with van der Waals surface area (Å²) in [5, 5.41) is 14.2. The lowest BCUT2D eigenvalue weighted by Crippen LogP contribution is -2.48. The van der Waals surface area contributed by atoms with Crippen molar-refractivity contribution in [2.45, 2.75) is 25.8 Å². The number of ether oxygens (including phenoxy) is 2. The fourth-order valence-electron chi connectivity index (χ4n) is 2.81. The van der Waals surface area contributed by atoms with Crippen LogP contribution in [0.25, 0.3) is 11.0 Å². The normalized spacial score (nSPS) is 11.9. The Morgan fingerprint density at radius 3 is 2.46 bits per heavy atom. The molecule has 2 aromatic rings. The van der Waals surface area contributed by atoms with Crippen molar-refractivity contribution in [3.05, 3.63) is 33.7 Å². The van der Waals surface area contributed by atoms with E-state index in [-0.39, 0.29) is 18.4 Å². The predicted octanol–water partition coefficient (Wildman–Crippen LogP) is 0.649. The van der Waals surface area contributed by atoms with E-state index in [0.29, 0.717) is 33.8 Å². The highest BCUT2D eigenvalue weighted by Gasteiger charge is 2.19. The van der Waals surface area contributed by atoms with Gasteiger partial charge < -0.3 is 29.1 Å². The van der Waals surface area contributed by atoms with Crippen LogP contribution in [0.2, 0.25) is 0 Å². The summed E-state index contributed by atoms with van der Waals surface area (Å²) in [6, 6.07) is 2.09. The molecule has 9 heteroatoms. The summed E-state index contributed by atoms with van der Waals surface area (Å²) in [5.41, 5.74) is 0.342. The van der Waals surface area contributed by atoms with Crippen molar-refractivity contribution < 1.29 is 28.6 Å². The second kappa shape index (κ2) is 9.50. The molecule has 1 atom stereocenters. The van der Waals surface area contributed by atoms with E-state index in [2.05, 4.69) is 5.32 Å². The van der Waals surface area contributed by atoms with Gasteiger partial charge >= 0.3 is 5.63 Å². The Morgan fingerprint density at radius 2 is 1.89 bits per heavy atom. The zero-order chi connectivity index (χ0) is 20.8. The number of aliphatic carboxylic acids is 1. The molecule has 1 heterocycles. The second-order valence-electron chi connectivity index (χ2n) is 6.09. The van der Waals surface area contributed by atoms with Gasteiger partial charge in [0.15, 0.2) is 11.5 Å². The molecular weight excluding hydrogens is 386 g/mol. The van der Waals surface area contributed by atoms with E-state index in [0.717, 1.165) is 0 Å². The second-order valence-corrected chi connectivity index (χ2v) is 7.08. The van der Waals surface area contributed by atoms with Crippen LogP contribution >= 0.6 is 11.8 Å². The van der Waals surface area contributed by atoms with E-state index in [9.17, 15) is 19.5 Å². The molecule has 2 rings (SSSR count). The SMILES string of the molecule is COc1cc2oc(=O)c(CC(=O)N[C@@H](CCSC)C(=O)[O-])c(C)c2cc1OC. The summed E-state index contributed by atoms with van der Waals surface area (Å²) < 4.78 is 15.8. The molecule has 1 N–H and O–H groups in total. The number of benzene rings is 1. The molecule has 1 aromatic heterocycles. The van der Waals surface area contributed by atoms with Crippen LogP contribution in [0.5, 0.6) is 11.5 Å². The van der Waals surface area contributed by atoms with Crippen LogP contribution in [-0.4, -0.2) is 44.1 Å². The minimum Gasteiger partial charge on any atom is -0.548 e. The summed E-state index contributed by atoms with van der Waals surface area (Å²) in [4.78, 5) is 35.9. The standard InChI is InChI=1S/C19H23NO7S/c1-10-11-7-15(25-2)16(26-3)9-14(11)27-19(24)12(10)8-17(21)20-13(18(22)23)5-6-28-4/h7,9,13H,5-6,8H2,1-4H3,(H,20,21)(H,22,23)/p-1/t13-/m0/s1. The molecule has 0 bridgehead atoms. The molecule has 0 aliphatic rings. The van der Waals surface area contributed by atoms with E-state index in [4.69, 9.17) is 13.9 Å². The number of thioether (sulfide) groups is 1. The van der Waals surface area contributed by atoms with Crippen molar-refractivity contribution in [1.82, 2.24) is 5.32 Å². The van der Waals surface area contributed by atoms with Crippen LogP contribution < -0.4 is 25.5 Å². The third-order valence-electron chi connectivity index (χ3n) is 4.36. The van der Waals surface area contributed by atoms with Crippen molar-refractivity contribution in [3.63, 3.8) is 0 Å². The first-order chi connectivity index (χ1) is 13.3. The van der Waals surface area contributed by atoms with E-state index in [1.165, 1.54) is 26.0 Å². The van der Waals surface area contributed by atoms with Crippen molar-refractivity contribution in [1.29, 1.82) is 0 Å². The fraction of sp³-hybridized carbons (Fsp3) is 0.421. The molecule has 8 nitrogen and oxygen atoms in total. The van der Waals surface area contributed by atoms with E-state index >= 15 is 0 Å². The number of rotatable bonds is 9. The molecule has 1 aromatic carbocycles. The Balaban J connectivity index is 2.35. The summed E-state index contributed by atoms with van der Waals surface area (Å²) >= 11 is 1.46. The maximum Gasteiger partial charge on any atom is 0.340 e. The lowest BCUT2D eigenvalue weighted by atomic mass is 10.0. The molecule has 0 radical (unpaired) electrons. The molecule has 0 saturated heterocycles. The molecule has 0 saturated carbocycles. The highest BCUT2D eigenvalue weighted by Crippen LogP contribution is 2.33. The van der Waals surface area contributed by atoms with Gasteiger partial charge in [0.25, 0.3) is 0 Å². The highest BCUT2D eigenvalue weighted by molar-refractivity contribution is 7.98. The van der Waals surface area contributed by atoms with Gasteiger partial charge in [0.1, 0.15) is 5.58 Å². The predicted molar refractivity (Wildman–Crippen MR) is 104 cm³/mol. The Morgan fingerprint density at radius 1 is 1.25 bits per heavy atom. The largest absolute Gasteiger partial charge is 0.548 e. The van der Waals surface area contributed by atoms with E-state index < -0.39 is 23.5 Å². The zero-order valence-electron chi connectivity index (χ0n) is 16.1. The molecular formula is C19H22NO7S-. The summed E-state index contributed by atoms with van der Waals surface area (Å²) in [6.45, 7) is 1.69. The molecule has 0 fully saturated rings. The molecule has 152 valence electrons. The first-order valence-corrected chi connectivity index (χ1v) is 9.89. The molecule has 1 amide bonds. The number of methoxy groups -OCH3 is 2. The summed E-state index contributed by atoms with van der Waals surface area (Å²) in [7, 11) is 2.96. The lowest BCUT2D eigenvalue weighted by Gasteiger charge is -2.19. The Hall–Kier alpha value is -2.68. The number of amides is 1. The first kappa shape index (κ1) is 21.6. The quantitative estimate of drug-likeness (QED) is 0.601. The lowest BCUT2D eigenvalue weighted by molar-refractivity contribution is -0.308. The van der Waals surface area contributed by atoms with Crippen LogP contribution in [0, 0.1) is 6.92 Å². The summed E-state index contributed by atoms with van der Waals surface area (Å²) in [6.07, 6.45) is 1.76. The Labute approximate surface area is 166 Å². The molecule has 0 unspecified atom stereocenters. The van der Waals surface area contributed by atoms with Crippen LogP contribution in [0.4, 0.5) is 0 Å². The Bertz CT molecular complexity index is 938. The van der Waals surface area contributed by atoms with E-state index in [1.807, 2.05) is 6.26 Å². The number of carboxylic acid groups (broad SMARTS) is 1. The number of hydrogen-bond donors (Lipinski definition) is 1. The van der Waals surface area contributed by atoms with Crippen molar-refractivity contribution in [2.75, 3.05) is 26.2 Å². The fourth-order valence-corrected chi connectivity index (χ4v) is 3.28. The third-order valence-corrected chi connectivity index (χ3v) is 5.00. The van der Waals surface area contributed by atoms with Crippen LogP contribution in [0.1, 0.15) is 17.5 Å². The third kappa shape index (κ3) is 4.78. The van der Waals surface area contributed by atoms with Crippen LogP contribution in [0.15, 0.2) is 21.3 Å². The topological polar surface area (TPSA) is 118 Å². The number of fused-ring (bicyclic) bond motifs is 1. The van der Waals surface area contributed by atoms with Crippen LogP contribution in [-0.2, 0) is 16.0 Å². The maximum absolute atomic E-state index is 12.4. The number of carbonyl (C=O) groups is 2. The number of nitrogens with one attached hydrogen (secondary N) is 1. The first-order valence-electron chi connectivity index (χ1n) is 8.49. The van der Waals surface area contributed by atoms with Gasteiger partial charge in [-0.1, -0.05) is 0 Å². The average Bonchev–Trinajstić information content (AvgIpc) is 2.67. The highest BCUT2D eigenvalue weighted by atomic mass is 32.2. The Kier molecular flexibility index (Phi) is 7.33. The average molecular weight is 408 g/mol. The molecule has 28 heavy (non-hydrogen) atoms. The van der Waals surface area contributed by atoms with Crippen molar-refractivity contribution >= 4 is 34.6 Å². The minimum atomic E-state index is -1.36. The zero-order valence-corrected chi connectivity index (χ0v) is 16.9. The summed E-state index contributed by atoms with van der Waals surface area (Å²) in [5.74, 6) is -0.533. The molecule has 0 aliphatic heterocycles. The monoisotopic (exact) mass is 408 g/mol. The van der Waals surface area contributed by atoms with Gasteiger partial charge in [0.2, 0.25) is 5.91 Å².